The Labute approximate surface area is 198 Å². The molecule has 2 aromatic carbocycles. The number of nitrogens with one attached hydrogen (secondary N) is 2. The van der Waals surface area contributed by atoms with Gasteiger partial charge >= 0.3 is 0 Å². The van der Waals surface area contributed by atoms with Crippen molar-refractivity contribution in [3.63, 3.8) is 0 Å². The number of amides is 1. The van der Waals surface area contributed by atoms with Crippen molar-refractivity contribution in [3.8, 4) is 0 Å². The molecule has 0 saturated carbocycles. The second-order valence-corrected chi connectivity index (χ2v) is 9.67. The molecule has 3 rings (SSSR count). The second-order valence-electron chi connectivity index (χ2n) is 7.14. The Bertz CT molecular complexity index is 904. The zero-order chi connectivity index (χ0) is 21.1. The first-order valence-corrected chi connectivity index (χ1v) is 11.8. The predicted octanol–water partition coefficient (Wildman–Crippen LogP) is 6.57. The minimum absolute atomic E-state index is 0.0710. The number of rotatable bonds is 6. The molecule has 1 amide bonds. The summed E-state index contributed by atoms with van der Waals surface area (Å²) in [6, 6.07) is 9.46. The van der Waals surface area contributed by atoms with Crippen LogP contribution < -0.4 is 10.6 Å². The highest BCUT2D eigenvalue weighted by Gasteiger charge is 2.34. The maximum Gasteiger partial charge on any atom is 0.217 e. The Morgan fingerprint density at radius 1 is 1.07 bits per heavy atom. The summed E-state index contributed by atoms with van der Waals surface area (Å²) < 4.78 is 1.87. The van der Waals surface area contributed by atoms with E-state index in [1.54, 1.807) is 6.92 Å². The van der Waals surface area contributed by atoms with Gasteiger partial charge in [0.1, 0.15) is 0 Å². The highest BCUT2D eigenvalue weighted by Crippen LogP contribution is 2.42. The predicted molar refractivity (Wildman–Crippen MR) is 128 cm³/mol. The van der Waals surface area contributed by atoms with Crippen molar-refractivity contribution in [1.82, 2.24) is 10.2 Å². The van der Waals surface area contributed by atoms with Gasteiger partial charge in [0.25, 0.3) is 0 Å². The van der Waals surface area contributed by atoms with E-state index in [1.165, 1.54) is 0 Å². The van der Waals surface area contributed by atoms with Crippen molar-refractivity contribution in [2.24, 2.45) is 0 Å². The van der Waals surface area contributed by atoms with Crippen molar-refractivity contribution >= 4 is 66.7 Å². The van der Waals surface area contributed by atoms with Crippen LogP contribution in [0, 0.1) is 0 Å². The number of likely N-dealkylation sites (tertiary alicyclic amines) is 1. The third-order valence-corrected chi connectivity index (χ3v) is 7.27. The minimum atomic E-state index is -0.266. The average molecular weight is 564 g/mol. The molecule has 0 spiro atoms. The van der Waals surface area contributed by atoms with E-state index in [9.17, 15) is 4.79 Å². The Hall–Kier alpha value is -0.790. The van der Waals surface area contributed by atoms with Gasteiger partial charge in [-0.15, -0.1) is 0 Å². The van der Waals surface area contributed by atoms with Crippen LogP contribution in [0.15, 0.2) is 39.3 Å². The first-order valence-electron chi connectivity index (χ1n) is 9.44. The molecule has 2 N–H and O–H groups in total. The number of carbonyl (C=O) groups excluding carboxylic acids is 1. The second kappa shape index (κ2) is 10.0. The van der Waals surface area contributed by atoms with Crippen molar-refractivity contribution in [3.05, 3.63) is 60.4 Å². The van der Waals surface area contributed by atoms with Gasteiger partial charge in [-0.25, -0.2) is 0 Å². The lowest BCUT2D eigenvalue weighted by Crippen LogP contribution is -2.39. The molecule has 0 radical (unpaired) electrons. The molecule has 0 aliphatic carbocycles. The molecule has 8 heteroatoms. The fourth-order valence-electron chi connectivity index (χ4n) is 3.87. The van der Waals surface area contributed by atoms with Gasteiger partial charge in [0.15, 0.2) is 0 Å². The maximum absolute atomic E-state index is 12.2. The number of halogens is 4. The zero-order valence-electron chi connectivity index (χ0n) is 16.2. The van der Waals surface area contributed by atoms with Gasteiger partial charge < -0.3 is 10.6 Å². The molecule has 29 heavy (non-hydrogen) atoms. The molecular formula is C21H23Br2Cl2N3O. The summed E-state index contributed by atoms with van der Waals surface area (Å²) in [4.78, 5) is 14.6. The molecule has 0 aromatic heterocycles. The largest absolute Gasteiger partial charge is 0.387 e. The lowest BCUT2D eigenvalue weighted by molar-refractivity contribution is -0.120. The highest BCUT2D eigenvalue weighted by atomic mass is 79.9. The summed E-state index contributed by atoms with van der Waals surface area (Å²) >= 11 is 19.8. The average Bonchev–Trinajstić information content (AvgIpc) is 3.18. The van der Waals surface area contributed by atoms with Gasteiger partial charge in [-0.1, -0.05) is 45.2 Å². The highest BCUT2D eigenvalue weighted by molar-refractivity contribution is 9.11. The van der Waals surface area contributed by atoms with Crippen LogP contribution in [-0.2, 0) is 4.79 Å². The number of hydrogen-bond donors (Lipinski definition) is 2. The SMILES string of the molecule is CNc1cc([C@H](NC(C)=O)C(c2ccc(Cl)c(Cl)c2)N2CCCC2)c(Br)cc1Br. The van der Waals surface area contributed by atoms with Crippen LogP contribution in [0.25, 0.3) is 0 Å². The van der Waals surface area contributed by atoms with E-state index in [2.05, 4.69) is 53.5 Å². The van der Waals surface area contributed by atoms with Crippen molar-refractivity contribution in [2.75, 3.05) is 25.5 Å². The van der Waals surface area contributed by atoms with Crippen LogP contribution in [0.4, 0.5) is 5.69 Å². The zero-order valence-corrected chi connectivity index (χ0v) is 20.9. The summed E-state index contributed by atoms with van der Waals surface area (Å²) in [6.45, 7) is 3.48. The van der Waals surface area contributed by atoms with Crippen LogP contribution >= 0.6 is 55.1 Å². The van der Waals surface area contributed by atoms with Crippen molar-refractivity contribution in [1.29, 1.82) is 0 Å². The first kappa shape index (κ1) is 22.9. The molecule has 1 fully saturated rings. The summed E-state index contributed by atoms with van der Waals surface area (Å²) in [7, 11) is 1.88. The molecule has 4 nitrogen and oxygen atoms in total. The fraction of sp³-hybridized carbons (Fsp3) is 0.381. The molecule has 1 aliphatic rings. The Morgan fingerprint density at radius 2 is 1.76 bits per heavy atom. The Morgan fingerprint density at radius 3 is 2.34 bits per heavy atom. The van der Waals surface area contributed by atoms with Crippen LogP contribution in [0.5, 0.6) is 0 Å². The van der Waals surface area contributed by atoms with E-state index in [0.717, 1.165) is 51.7 Å². The van der Waals surface area contributed by atoms with Crippen LogP contribution in [0.3, 0.4) is 0 Å². The van der Waals surface area contributed by atoms with E-state index < -0.39 is 0 Å². The first-order chi connectivity index (χ1) is 13.8. The Balaban J connectivity index is 2.16. The quantitative estimate of drug-likeness (QED) is 0.417. The maximum atomic E-state index is 12.2. The van der Waals surface area contributed by atoms with Crippen molar-refractivity contribution < 1.29 is 4.79 Å². The number of nitrogens with zero attached hydrogens (tertiary/aromatic N) is 1. The third-order valence-electron chi connectivity index (χ3n) is 5.18. The smallest absolute Gasteiger partial charge is 0.217 e. The third kappa shape index (κ3) is 5.28. The topological polar surface area (TPSA) is 44.4 Å². The molecule has 1 unspecified atom stereocenters. The van der Waals surface area contributed by atoms with Crippen molar-refractivity contribution in [2.45, 2.75) is 31.8 Å². The molecule has 0 bridgehead atoms. The van der Waals surface area contributed by atoms with E-state index in [0.29, 0.717) is 10.0 Å². The molecule has 1 aliphatic heterocycles. The van der Waals surface area contributed by atoms with Crippen LogP contribution in [0.2, 0.25) is 10.0 Å². The molecule has 2 aromatic rings. The minimum Gasteiger partial charge on any atom is -0.387 e. The lowest BCUT2D eigenvalue weighted by Gasteiger charge is -2.36. The van der Waals surface area contributed by atoms with Gasteiger partial charge in [-0.2, -0.15) is 0 Å². The lowest BCUT2D eigenvalue weighted by atomic mass is 9.91. The van der Waals surface area contributed by atoms with Gasteiger partial charge in [-0.05, 0) is 77.3 Å². The molecule has 1 heterocycles. The molecule has 1 saturated heterocycles. The van der Waals surface area contributed by atoms with E-state index >= 15 is 0 Å². The number of anilines is 1. The normalized spacial score (nSPS) is 16.5. The molecule has 156 valence electrons. The van der Waals surface area contributed by atoms with E-state index in [1.807, 2.05) is 31.3 Å². The van der Waals surface area contributed by atoms with Crippen LogP contribution in [0.1, 0.15) is 43.0 Å². The Kier molecular flexibility index (Phi) is 7.90. The van der Waals surface area contributed by atoms with Gasteiger partial charge in [-0.3, -0.25) is 9.69 Å². The molecule has 2 atom stereocenters. The monoisotopic (exact) mass is 561 g/mol. The number of carbonyl (C=O) groups is 1. The number of hydrogen-bond acceptors (Lipinski definition) is 3. The van der Waals surface area contributed by atoms with E-state index in [4.69, 9.17) is 23.2 Å². The van der Waals surface area contributed by atoms with E-state index in [-0.39, 0.29) is 18.0 Å². The fourth-order valence-corrected chi connectivity index (χ4v) is 5.62. The summed E-state index contributed by atoms with van der Waals surface area (Å²) in [5, 5.41) is 7.43. The summed E-state index contributed by atoms with van der Waals surface area (Å²) in [5.74, 6) is -0.0833. The molecular weight excluding hydrogens is 541 g/mol. The standard InChI is InChI=1S/C21H23Br2Cl2N3O/c1-12(29)27-20(14-10-19(26-2)16(23)11-15(14)22)21(28-7-3-4-8-28)13-5-6-17(24)18(25)9-13/h5-6,9-11,20-21,26H,3-4,7-8H2,1-2H3,(H,27,29)/t20-,21?/m0/s1. The van der Waals surface area contributed by atoms with Gasteiger partial charge in [0.2, 0.25) is 5.91 Å². The summed E-state index contributed by atoms with van der Waals surface area (Å²) in [5.41, 5.74) is 2.98. The van der Waals surface area contributed by atoms with Gasteiger partial charge in [0.05, 0.1) is 22.1 Å². The van der Waals surface area contributed by atoms with Crippen LogP contribution in [-0.4, -0.2) is 30.9 Å². The summed E-state index contributed by atoms with van der Waals surface area (Å²) in [6.07, 6.45) is 2.27. The number of benzene rings is 2. The van der Waals surface area contributed by atoms with Gasteiger partial charge in [0, 0.05) is 28.6 Å².